The van der Waals surface area contributed by atoms with E-state index in [0.29, 0.717) is 12.1 Å². The number of rotatable bonds is 6. The second kappa shape index (κ2) is 6.35. The molecular formula is C13H18FNO3. The molecule has 0 saturated carbocycles. The van der Waals surface area contributed by atoms with Crippen LogP contribution in [0.4, 0.5) is 4.39 Å². The molecule has 4 nitrogen and oxygen atoms in total. The molecule has 2 N–H and O–H groups in total. The number of benzene rings is 1. The van der Waals surface area contributed by atoms with Crippen LogP contribution in [0.25, 0.3) is 0 Å². The molecule has 1 unspecified atom stereocenters. The maximum Gasteiger partial charge on any atom is 0.317 e. The summed E-state index contributed by atoms with van der Waals surface area (Å²) in [5.41, 5.74) is 0.407. The highest BCUT2D eigenvalue weighted by Gasteiger charge is 2.20. The van der Waals surface area contributed by atoms with Gasteiger partial charge in [0.15, 0.2) is 0 Å². The zero-order valence-electron chi connectivity index (χ0n) is 10.6. The molecule has 0 amide bonds. The Balaban J connectivity index is 2.96. The zero-order valence-corrected chi connectivity index (χ0v) is 10.6. The Morgan fingerprint density at radius 2 is 2.17 bits per heavy atom. The predicted octanol–water partition coefficient (Wildman–Crippen LogP) is 2.39. The Bertz CT molecular complexity index is 423. The van der Waals surface area contributed by atoms with Crippen molar-refractivity contribution >= 4 is 5.97 Å². The summed E-state index contributed by atoms with van der Waals surface area (Å²) < 4.78 is 13.2. The topological polar surface area (TPSA) is 60.8 Å². The molecule has 1 atom stereocenters. The lowest BCUT2D eigenvalue weighted by atomic mass is 10.1. The van der Waals surface area contributed by atoms with E-state index in [-0.39, 0.29) is 18.3 Å². The number of carbonyl (C=O) groups is 1. The van der Waals surface area contributed by atoms with Crippen LogP contribution >= 0.6 is 0 Å². The van der Waals surface area contributed by atoms with Crippen molar-refractivity contribution in [2.24, 2.45) is 0 Å². The normalized spacial score (nSPS) is 12.7. The average Bonchev–Trinajstić information content (AvgIpc) is 2.30. The molecule has 0 aliphatic rings. The molecule has 0 radical (unpaired) electrons. The zero-order chi connectivity index (χ0) is 13.7. The van der Waals surface area contributed by atoms with Gasteiger partial charge in [-0.05, 0) is 38.1 Å². The van der Waals surface area contributed by atoms with E-state index in [0.717, 1.165) is 6.42 Å². The predicted molar refractivity (Wildman–Crippen MR) is 66.0 cm³/mol. The Morgan fingerprint density at radius 3 is 2.72 bits per heavy atom. The number of carboxylic acid groups (broad SMARTS) is 1. The van der Waals surface area contributed by atoms with Crippen LogP contribution in [0.2, 0.25) is 0 Å². The summed E-state index contributed by atoms with van der Waals surface area (Å²) in [6, 6.07) is 3.35. The summed E-state index contributed by atoms with van der Waals surface area (Å²) in [4.78, 5) is 12.5. The third-order valence-electron chi connectivity index (χ3n) is 2.84. The second-order valence-electron chi connectivity index (χ2n) is 4.24. The summed E-state index contributed by atoms with van der Waals surface area (Å²) >= 11 is 0. The van der Waals surface area contributed by atoms with E-state index >= 15 is 0 Å². The molecule has 0 aliphatic carbocycles. The van der Waals surface area contributed by atoms with Crippen LogP contribution in [0.5, 0.6) is 5.75 Å². The third kappa shape index (κ3) is 3.70. The van der Waals surface area contributed by atoms with Crippen molar-refractivity contribution in [2.75, 3.05) is 13.1 Å². The van der Waals surface area contributed by atoms with Crippen molar-refractivity contribution in [1.29, 1.82) is 0 Å². The lowest BCUT2D eigenvalue weighted by Crippen LogP contribution is -2.33. The molecule has 1 aromatic rings. The first-order chi connectivity index (χ1) is 8.45. The molecule has 0 saturated heterocycles. The highest BCUT2D eigenvalue weighted by Crippen LogP contribution is 2.29. The van der Waals surface area contributed by atoms with Gasteiger partial charge in [-0.15, -0.1) is 0 Å². The molecule has 1 aromatic carbocycles. The molecule has 0 fully saturated rings. The van der Waals surface area contributed by atoms with Crippen LogP contribution in [0.15, 0.2) is 18.2 Å². The summed E-state index contributed by atoms with van der Waals surface area (Å²) in [5.74, 6) is -1.40. The van der Waals surface area contributed by atoms with Gasteiger partial charge in [0, 0.05) is 11.6 Å². The van der Waals surface area contributed by atoms with E-state index in [2.05, 4.69) is 0 Å². The third-order valence-corrected chi connectivity index (χ3v) is 2.84. The minimum Gasteiger partial charge on any atom is -0.508 e. The highest BCUT2D eigenvalue weighted by molar-refractivity contribution is 5.69. The molecule has 5 heteroatoms. The van der Waals surface area contributed by atoms with Crippen LogP contribution in [0.1, 0.15) is 31.9 Å². The molecule has 1 rings (SSSR count). The lowest BCUT2D eigenvalue weighted by molar-refractivity contribution is -0.138. The van der Waals surface area contributed by atoms with E-state index in [1.807, 2.05) is 6.92 Å². The number of nitrogens with zero attached hydrogens (tertiary/aromatic N) is 1. The number of hydrogen-bond acceptors (Lipinski definition) is 3. The summed E-state index contributed by atoms with van der Waals surface area (Å²) in [7, 11) is 0. The van der Waals surface area contributed by atoms with Crippen molar-refractivity contribution in [2.45, 2.75) is 26.3 Å². The SMILES string of the molecule is CCCN(CC(=O)O)C(C)c1cc(F)ccc1O. The summed E-state index contributed by atoms with van der Waals surface area (Å²) in [6.45, 7) is 4.13. The minimum absolute atomic E-state index is 0.0182. The smallest absolute Gasteiger partial charge is 0.317 e. The van der Waals surface area contributed by atoms with Gasteiger partial charge in [0.1, 0.15) is 11.6 Å². The van der Waals surface area contributed by atoms with Gasteiger partial charge in [0.05, 0.1) is 6.54 Å². The van der Waals surface area contributed by atoms with Crippen molar-refractivity contribution in [3.8, 4) is 5.75 Å². The second-order valence-corrected chi connectivity index (χ2v) is 4.24. The quantitative estimate of drug-likeness (QED) is 0.819. The number of phenols is 1. The molecule has 100 valence electrons. The first kappa shape index (κ1) is 14.4. The molecule has 0 aromatic heterocycles. The van der Waals surface area contributed by atoms with Gasteiger partial charge in [-0.3, -0.25) is 9.69 Å². The average molecular weight is 255 g/mol. The van der Waals surface area contributed by atoms with Crippen molar-refractivity contribution in [1.82, 2.24) is 4.90 Å². The maximum atomic E-state index is 13.2. The largest absolute Gasteiger partial charge is 0.508 e. The van der Waals surface area contributed by atoms with Crippen molar-refractivity contribution in [3.63, 3.8) is 0 Å². The number of aliphatic carboxylic acids is 1. The summed E-state index contributed by atoms with van der Waals surface area (Å²) in [5, 5.41) is 18.6. The summed E-state index contributed by atoms with van der Waals surface area (Å²) in [6.07, 6.45) is 0.785. The van der Waals surface area contributed by atoms with Crippen LogP contribution < -0.4 is 0 Å². The van der Waals surface area contributed by atoms with Gasteiger partial charge in [0.25, 0.3) is 0 Å². The van der Waals surface area contributed by atoms with E-state index in [4.69, 9.17) is 5.11 Å². The van der Waals surface area contributed by atoms with Crippen LogP contribution in [0, 0.1) is 5.82 Å². The molecule has 0 spiro atoms. The van der Waals surface area contributed by atoms with Crippen LogP contribution in [-0.2, 0) is 4.79 Å². The fourth-order valence-corrected chi connectivity index (χ4v) is 1.93. The van der Waals surface area contributed by atoms with Gasteiger partial charge < -0.3 is 10.2 Å². The maximum absolute atomic E-state index is 13.2. The molecule has 0 bridgehead atoms. The Labute approximate surface area is 106 Å². The standard InChI is InChI=1S/C13H18FNO3/c1-3-6-15(8-13(17)18)9(2)11-7-10(14)4-5-12(11)16/h4-5,7,9,16H,3,6,8H2,1-2H3,(H,17,18). The molecule has 0 aliphatic heterocycles. The van der Waals surface area contributed by atoms with Gasteiger partial charge in [0.2, 0.25) is 0 Å². The highest BCUT2D eigenvalue weighted by atomic mass is 19.1. The fourth-order valence-electron chi connectivity index (χ4n) is 1.93. The van der Waals surface area contributed by atoms with Crippen molar-refractivity contribution < 1.29 is 19.4 Å². The number of halogens is 1. The van der Waals surface area contributed by atoms with Crippen molar-refractivity contribution in [3.05, 3.63) is 29.6 Å². The first-order valence-electron chi connectivity index (χ1n) is 5.90. The molecule has 0 heterocycles. The van der Waals surface area contributed by atoms with E-state index in [1.165, 1.54) is 18.2 Å². The van der Waals surface area contributed by atoms with Crippen LogP contribution in [-0.4, -0.2) is 34.2 Å². The van der Waals surface area contributed by atoms with E-state index < -0.39 is 11.8 Å². The Morgan fingerprint density at radius 1 is 1.50 bits per heavy atom. The Kier molecular flexibility index (Phi) is 5.09. The fraction of sp³-hybridized carbons (Fsp3) is 0.462. The van der Waals surface area contributed by atoms with Crippen LogP contribution in [0.3, 0.4) is 0 Å². The Hall–Kier alpha value is -1.62. The molecule has 18 heavy (non-hydrogen) atoms. The number of phenolic OH excluding ortho intramolecular Hbond substituents is 1. The number of carboxylic acids is 1. The minimum atomic E-state index is -0.939. The van der Waals surface area contributed by atoms with E-state index in [9.17, 15) is 14.3 Å². The molecular weight excluding hydrogens is 237 g/mol. The monoisotopic (exact) mass is 255 g/mol. The number of hydrogen-bond donors (Lipinski definition) is 2. The lowest BCUT2D eigenvalue weighted by Gasteiger charge is -2.27. The van der Waals surface area contributed by atoms with Gasteiger partial charge in [-0.25, -0.2) is 4.39 Å². The van der Waals surface area contributed by atoms with E-state index in [1.54, 1.807) is 11.8 Å². The first-order valence-corrected chi connectivity index (χ1v) is 5.90. The number of aromatic hydroxyl groups is 1. The van der Waals surface area contributed by atoms with Gasteiger partial charge in [-0.1, -0.05) is 6.92 Å². The van der Waals surface area contributed by atoms with Gasteiger partial charge in [-0.2, -0.15) is 0 Å². The van der Waals surface area contributed by atoms with Gasteiger partial charge >= 0.3 is 5.97 Å².